The van der Waals surface area contributed by atoms with Gasteiger partial charge in [-0.15, -0.1) is 0 Å². The number of methoxy groups -OCH3 is 1. The smallest absolute Gasteiger partial charge is 0.0958 e. The third-order valence-electron chi connectivity index (χ3n) is 3.36. The molecule has 0 saturated heterocycles. The molecule has 1 aromatic heterocycles. The molecule has 0 aliphatic heterocycles. The molecule has 2 rings (SSSR count). The van der Waals surface area contributed by atoms with Crippen molar-refractivity contribution in [3.63, 3.8) is 0 Å². The summed E-state index contributed by atoms with van der Waals surface area (Å²) in [5.74, 6) is 0. The number of rotatable bonds is 7. The van der Waals surface area contributed by atoms with Gasteiger partial charge in [-0.3, -0.25) is 0 Å². The highest BCUT2D eigenvalue weighted by Gasteiger charge is 2.04. The minimum absolute atomic E-state index is 0.659. The molecule has 0 aliphatic carbocycles. The van der Waals surface area contributed by atoms with Crippen molar-refractivity contribution >= 4 is 11.0 Å². The van der Waals surface area contributed by atoms with Crippen molar-refractivity contribution in [2.24, 2.45) is 0 Å². The van der Waals surface area contributed by atoms with E-state index < -0.39 is 0 Å². The van der Waals surface area contributed by atoms with Crippen LogP contribution in [0.25, 0.3) is 11.0 Å². The molecule has 0 N–H and O–H groups in total. The van der Waals surface area contributed by atoms with Crippen molar-refractivity contribution in [2.45, 2.75) is 26.8 Å². The standard InChI is InChI=1S/C15H22N2O2/c1-12-9-14-15(10-13(12)2)17(11-16-14)5-4-6-19-8-7-18-3/h9-11H,4-8H2,1-3H3. The van der Waals surface area contributed by atoms with E-state index >= 15 is 0 Å². The quantitative estimate of drug-likeness (QED) is 0.720. The molecule has 0 fully saturated rings. The Hall–Kier alpha value is -1.39. The Balaban J connectivity index is 1.92. The van der Waals surface area contributed by atoms with Gasteiger partial charge in [-0.05, 0) is 43.5 Å². The van der Waals surface area contributed by atoms with E-state index in [1.807, 2.05) is 6.33 Å². The van der Waals surface area contributed by atoms with E-state index in [1.165, 1.54) is 16.6 Å². The Labute approximate surface area is 114 Å². The Morgan fingerprint density at radius 1 is 1.11 bits per heavy atom. The molecular weight excluding hydrogens is 240 g/mol. The number of fused-ring (bicyclic) bond motifs is 1. The predicted octanol–water partition coefficient (Wildman–Crippen LogP) is 2.71. The van der Waals surface area contributed by atoms with E-state index in [9.17, 15) is 0 Å². The summed E-state index contributed by atoms with van der Waals surface area (Å²) >= 11 is 0. The number of ether oxygens (including phenoxy) is 2. The second-order valence-electron chi connectivity index (χ2n) is 4.82. The normalized spacial score (nSPS) is 11.3. The van der Waals surface area contributed by atoms with Crippen LogP contribution >= 0.6 is 0 Å². The van der Waals surface area contributed by atoms with Gasteiger partial charge >= 0.3 is 0 Å². The van der Waals surface area contributed by atoms with E-state index in [1.54, 1.807) is 7.11 Å². The van der Waals surface area contributed by atoms with Crippen LogP contribution in [0, 0.1) is 13.8 Å². The first-order valence-electron chi connectivity index (χ1n) is 6.71. The molecule has 4 heteroatoms. The third kappa shape index (κ3) is 3.55. The van der Waals surface area contributed by atoms with E-state index in [4.69, 9.17) is 9.47 Å². The van der Waals surface area contributed by atoms with Gasteiger partial charge in [0.1, 0.15) is 0 Å². The maximum atomic E-state index is 5.47. The van der Waals surface area contributed by atoms with Gasteiger partial charge in [0.25, 0.3) is 0 Å². The summed E-state index contributed by atoms with van der Waals surface area (Å²) in [5, 5.41) is 0. The molecule has 0 radical (unpaired) electrons. The Morgan fingerprint density at radius 2 is 1.89 bits per heavy atom. The number of hydrogen-bond donors (Lipinski definition) is 0. The van der Waals surface area contributed by atoms with Crippen LogP contribution in [0.5, 0.6) is 0 Å². The summed E-state index contributed by atoms with van der Waals surface area (Å²) in [5.41, 5.74) is 4.88. The fraction of sp³-hybridized carbons (Fsp3) is 0.533. The van der Waals surface area contributed by atoms with Crippen molar-refractivity contribution in [1.29, 1.82) is 0 Å². The minimum Gasteiger partial charge on any atom is -0.382 e. The highest BCUT2D eigenvalue weighted by Crippen LogP contribution is 2.18. The molecule has 0 amide bonds. The zero-order chi connectivity index (χ0) is 13.7. The van der Waals surface area contributed by atoms with Crippen molar-refractivity contribution < 1.29 is 9.47 Å². The zero-order valence-electron chi connectivity index (χ0n) is 12.0. The molecule has 0 atom stereocenters. The lowest BCUT2D eigenvalue weighted by atomic mass is 10.1. The SMILES string of the molecule is COCCOCCCn1cnc2cc(C)c(C)cc21. The van der Waals surface area contributed by atoms with Crippen LogP contribution in [-0.4, -0.2) is 36.5 Å². The van der Waals surface area contributed by atoms with Gasteiger partial charge in [-0.2, -0.15) is 0 Å². The second-order valence-corrected chi connectivity index (χ2v) is 4.82. The maximum Gasteiger partial charge on any atom is 0.0958 e. The molecule has 1 heterocycles. The number of imidazole rings is 1. The first-order chi connectivity index (χ1) is 9.22. The molecule has 1 aromatic carbocycles. The van der Waals surface area contributed by atoms with Crippen molar-refractivity contribution in [3.8, 4) is 0 Å². The first kappa shape index (κ1) is 14.0. The average Bonchev–Trinajstić information content (AvgIpc) is 2.77. The molecule has 19 heavy (non-hydrogen) atoms. The number of aryl methyl sites for hydroxylation is 3. The van der Waals surface area contributed by atoms with E-state index in [0.717, 1.165) is 25.1 Å². The second kappa shape index (κ2) is 6.68. The lowest BCUT2D eigenvalue weighted by Crippen LogP contribution is -2.06. The fourth-order valence-corrected chi connectivity index (χ4v) is 2.07. The predicted molar refractivity (Wildman–Crippen MR) is 76.5 cm³/mol. The Morgan fingerprint density at radius 3 is 2.68 bits per heavy atom. The first-order valence-corrected chi connectivity index (χ1v) is 6.71. The van der Waals surface area contributed by atoms with Gasteiger partial charge in [-0.1, -0.05) is 0 Å². The van der Waals surface area contributed by atoms with Crippen LogP contribution in [0.3, 0.4) is 0 Å². The molecule has 0 bridgehead atoms. The Bertz CT molecular complexity index is 534. The van der Waals surface area contributed by atoms with Crippen LogP contribution in [0.1, 0.15) is 17.5 Å². The van der Waals surface area contributed by atoms with Crippen LogP contribution in [0.4, 0.5) is 0 Å². The van der Waals surface area contributed by atoms with Crippen molar-refractivity contribution in [2.75, 3.05) is 26.9 Å². The molecule has 4 nitrogen and oxygen atoms in total. The number of aromatic nitrogens is 2. The van der Waals surface area contributed by atoms with Gasteiger partial charge in [0.05, 0.1) is 30.6 Å². The minimum atomic E-state index is 0.659. The fourth-order valence-electron chi connectivity index (χ4n) is 2.07. The van der Waals surface area contributed by atoms with Crippen LogP contribution in [-0.2, 0) is 16.0 Å². The zero-order valence-corrected chi connectivity index (χ0v) is 12.0. The average molecular weight is 262 g/mol. The van der Waals surface area contributed by atoms with E-state index in [-0.39, 0.29) is 0 Å². The molecule has 0 saturated carbocycles. The van der Waals surface area contributed by atoms with Gasteiger partial charge in [0.15, 0.2) is 0 Å². The summed E-state index contributed by atoms with van der Waals surface area (Å²) in [6.45, 7) is 7.28. The van der Waals surface area contributed by atoms with Gasteiger partial charge in [0, 0.05) is 20.3 Å². The number of nitrogens with zero attached hydrogens (tertiary/aromatic N) is 2. The van der Waals surface area contributed by atoms with Crippen LogP contribution in [0.15, 0.2) is 18.5 Å². The highest BCUT2D eigenvalue weighted by molar-refractivity contribution is 5.77. The maximum absolute atomic E-state index is 5.47. The summed E-state index contributed by atoms with van der Waals surface area (Å²) in [7, 11) is 1.69. The number of benzene rings is 1. The third-order valence-corrected chi connectivity index (χ3v) is 3.36. The lowest BCUT2D eigenvalue weighted by molar-refractivity contribution is 0.0681. The van der Waals surface area contributed by atoms with E-state index in [0.29, 0.717) is 13.2 Å². The highest BCUT2D eigenvalue weighted by atomic mass is 16.5. The summed E-state index contributed by atoms with van der Waals surface area (Å²) in [6.07, 6.45) is 2.90. The molecular formula is C15H22N2O2. The Kier molecular flexibility index (Phi) is 4.93. The van der Waals surface area contributed by atoms with Crippen LogP contribution in [0.2, 0.25) is 0 Å². The lowest BCUT2D eigenvalue weighted by Gasteiger charge is -2.07. The largest absolute Gasteiger partial charge is 0.382 e. The summed E-state index contributed by atoms with van der Waals surface area (Å²) in [4.78, 5) is 4.45. The summed E-state index contributed by atoms with van der Waals surface area (Å²) in [6, 6.07) is 4.36. The summed E-state index contributed by atoms with van der Waals surface area (Å²) < 4.78 is 12.6. The molecule has 0 spiro atoms. The molecule has 0 aliphatic rings. The molecule has 104 valence electrons. The van der Waals surface area contributed by atoms with Gasteiger partial charge in [0.2, 0.25) is 0 Å². The van der Waals surface area contributed by atoms with Crippen molar-refractivity contribution in [3.05, 3.63) is 29.6 Å². The monoisotopic (exact) mass is 262 g/mol. The van der Waals surface area contributed by atoms with Gasteiger partial charge < -0.3 is 14.0 Å². The topological polar surface area (TPSA) is 36.3 Å². The number of hydrogen-bond acceptors (Lipinski definition) is 3. The van der Waals surface area contributed by atoms with Crippen molar-refractivity contribution in [1.82, 2.24) is 9.55 Å². The van der Waals surface area contributed by atoms with Gasteiger partial charge in [-0.25, -0.2) is 4.98 Å². The van der Waals surface area contributed by atoms with Crippen LogP contribution < -0.4 is 0 Å². The molecule has 0 unspecified atom stereocenters. The molecule has 2 aromatic rings. The van der Waals surface area contributed by atoms with E-state index in [2.05, 4.69) is 35.5 Å².